The van der Waals surface area contributed by atoms with Crippen molar-refractivity contribution in [2.75, 3.05) is 24.3 Å². The molecular weight excluding hydrogens is 406 g/mol. The van der Waals surface area contributed by atoms with Crippen LogP contribution in [-0.4, -0.2) is 36.1 Å². The van der Waals surface area contributed by atoms with Gasteiger partial charge in [-0.1, -0.05) is 12.1 Å². The number of hydrogen-bond acceptors (Lipinski definition) is 5. The molecule has 0 bridgehead atoms. The van der Waals surface area contributed by atoms with Gasteiger partial charge >= 0.3 is 0 Å². The molecule has 1 heterocycles. The summed E-state index contributed by atoms with van der Waals surface area (Å²) in [4.78, 5) is 12.0. The fraction of sp³-hybridized carbons (Fsp3) is 0.643. The maximum absolute atomic E-state index is 4.93. The molecule has 1 aromatic heterocycles. The SMILES string of the molecule is Cc1ccc(C(C)(C)NC2CCC(Nc3nc4c(c(N(C)C)n3)CCCC4)CC2)c(C)c1C. The van der Waals surface area contributed by atoms with Gasteiger partial charge in [0.25, 0.3) is 0 Å². The van der Waals surface area contributed by atoms with E-state index in [4.69, 9.17) is 9.97 Å². The van der Waals surface area contributed by atoms with Gasteiger partial charge in [0.2, 0.25) is 5.95 Å². The molecule has 33 heavy (non-hydrogen) atoms. The Bertz CT molecular complexity index is 986. The molecule has 0 amide bonds. The summed E-state index contributed by atoms with van der Waals surface area (Å²) >= 11 is 0. The third kappa shape index (κ3) is 5.18. The highest BCUT2D eigenvalue weighted by Gasteiger charge is 2.30. The predicted molar refractivity (Wildman–Crippen MR) is 139 cm³/mol. The first kappa shape index (κ1) is 24.0. The molecule has 0 atom stereocenters. The zero-order chi connectivity index (χ0) is 23.8. The standard InChI is InChI=1S/C28H43N5/c1-18-12-17-24(20(3)19(18)2)28(4,5)32-22-15-13-21(14-16-22)29-27-30-25-11-9-8-10-23(25)26(31-27)33(6)7/h12,17,21-22,32H,8-11,13-16H2,1-7H3,(H,29,30,31). The Kier molecular flexibility index (Phi) is 6.99. The van der Waals surface area contributed by atoms with Gasteiger partial charge in [-0.3, -0.25) is 0 Å². The molecule has 1 aromatic carbocycles. The van der Waals surface area contributed by atoms with E-state index in [0.29, 0.717) is 12.1 Å². The van der Waals surface area contributed by atoms with Crippen LogP contribution in [-0.2, 0) is 18.4 Å². The number of rotatable bonds is 6. The summed E-state index contributed by atoms with van der Waals surface area (Å²) in [5, 5.41) is 7.67. The number of nitrogens with one attached hydrogen (secondary N) is 2. The van der Waals surface area contributed by atoms with Crippen LogP contribution in [0.1, 0.15) is 85.9 Å². The summed E-state index contributed by atoms with van der Waals surface area (Å²) in [6.45, 7) is 11.4. The van der Waals surface area contributed by atoms with Crippen molar-refractivity contribution >= 4 is 11.8 Å². The second-order valence-corrected chi connectivity index (χ2v) is 11.0. The van der Waals surface area contributed by atoms with Gasteiger partial charge in [0, 0.05) is 37.3 Å². The Hall–Kier alpha value is -2.14. The summed E-state index contributed by atoms with van der Waals surface area (Å²) < 4.78 is 0. The molecule has 2 aliphatic rings. The van der Waals surface area contributed by atoms with Gasteiger partial charge in [-0.15, -0.1) is 0 Å². The molecule has 0 spiro atoms. The highest BCUT2D eigenvalue weighted by Crippen LogP contribution is 2.32. The van der Waals surface area contributed by atoms with Crippen LogP contribution in [0.25, 0.3) is 0 Å². The molecule has 0 aliphatic heterocycles. The summed E-state index contributed by atoms with van der Waals surface area (Å²) in [6, 6.07) is 5.57. The lowest BCUT2D eigenvalue weighted by Gasteiger charge is -2.38. The molecule has 2 N–H and O–H groups in total. The molecule has 0 radical (unpaired) electrons. The lowest BCUT2D eigenvalue weighted by Crippen LogP contribution is -2.47. The average Bonchev–Trinajstić information content (AvgIpc) is 2.78. The van der Waals surface area contributed by atoms with Gasteiger partial charge in [-0.05, 0) is 108 Å². The molecule has 2 aromatic rings. The van der Waals surface area contributed by atoms with Crippen molar-refractivity contribution in [3.63, 3.8) is 0 Å². The van der Waals surface area contributed by atoms with E-state index in [1.807, 2.05) is 0 Å². The molecule has 180 valence electrons. The lowest BCUT2D eigenvalue weighted by molar-refractivity contribution is 0.273. The first-order valence-corrected chi connectivity index (χ1v) is 12.8. The largest absolute Gasteiger partial charge is 0.362 e. The minimum atomic E-state index is -0.0321. The van der Waals surface area contributed by atoms with Crippen LogP contribution in [0.4, 0.5) is 11.8 Å². The number of aryl methyl sites for hydroxylation is 2. The molecule has 1 saturated carbocycles. The second-order valence-electron chi connectivity index (χ2n) is 11.0. The van der Waals surface area contributed by atoms with E-state index in [0.717, 1.165) is 37.4 Å². The second kappa shape index (κ2) is 9.61. The zero-order valence-electron chi connectivity index (χ0n) is 21.8. The molecule has 5 heteroatoms. The first-order valence-electron chi connectivity index (χ1n) is 12.8. The minimum absolute atomic E-state index is 0.0321. The van der Waals surface area contributed by atoms with Crippen LogP contribution in [0.15, 0.2) is 12.1 Å². The number of benzene rings is 1. The van der Waals surface area contributed by atoms with E-state index in [9.17, 15) is 0 Å². The summed E-state index contributed by atoms with van der Waals surface area (Å²) in [5.74, 6) is 1.92. The Morgan fingerprint density at radius 2 is 1.55 bits per heavy atom. The van der Waals surface area contributed by atoms with E-state index in [-0.39, 0.29) is 5.54 Å². The van der Waals surface area contributed by atoms with Crippen LogP contribution in [0, 0.1) is 20.8 Å². The van der Waals surface area contributed by atoms with Crippen molar-refractivity contribution in [1.29, 1.82) is 0 Å². The molecule has 4 rings (SSSR count). The predicted octanol–water partition coefficient (Wildman–Crippen LogP) is 5.59. The summed E-state index contributed by atoms with van der Waals surface area (Å²) in [6.07, 6.45) is 9.33. The third-order valence-electron chi connectivity index (χ3n) is 7.94. The first-order chi connectivity index (χ1) is 15.7. The topological polar surface area (TPSA) is 53.1 Å². The van der Waals surface area contributed by atoms with Crippen molar-refractivity contribution < 1.29 is 0 Å². The van der Waals surface area contributed by atoms with Crippen molar-refractivity contribution in [2.24, 2.45) is 0 Å². The number of aromatic nitrogens is 2. The Morgan fingerprint density at radius 1 is 0.879 bits per heavy atom. The van der Waals surface area contributed by atoms with Crippen LogP contribution in [0.5, 0.6) is 0 Å². The van der Waals surface area contributed by atoms with Crippen LogP contribution < -0.4 is 15.5 Å². The molecule has 0 saturated heterocycles. The highest BCUT2D eigenvalue weighted by molar-refractivity contribution is 5.53. The minimum Gasteiger partial charge on any atom is -0.362 e. The third-order valence-corrected chi connectivity index (χ3v) is 7.94. The Labute approximate surface area is 200 Å². The van der Waals surface area contributed by atoms with Crippen molar-refractivity contribution in [2.45, 2.75) is 104 Å². The van der Waals surface area contributed by atoms with Crippen molar-refractivity contribution in [1.82, 2.24) is 15.3 Å². The van der Waals surface area contributed by atoms with Crippen LogP contribution in [0.3, 0.4) is 0 Å². The van der Waals surface area contributed by atoms with Crippen molar-refractivity contribution in [3.8, 4) is 0 Å². The smallest absolute Gasteiger partial charge is 0.225 e. The molecule has 0 unspecified atom stereocenters. The van der Waals surface area contributed by atoms with E-state index in [2.05, 4.69) is 76.4 Å². The molecule has 1 fully saturated rings. The fourth-order valence-corrected chi connectivity index (χ4v) is 5.79. The van der Waals surface area contributed by atoms with E-state index < -0.39 is 0 Å². The van der Waals surface area contributed by atoms with Gasteiger partial charge in [-0.2, -0.15) is 4.98 Å². The van der Waals surface area contributed by atoms with Gasteiger partial charge in [-0.25, -0.2) is 4.98 Å². The summed E-state index contributed by atoms with van der Waals surface area (Å²) in [5.41, 5.74) is 8.21. The Balaban J connectivity index is 1.39. The van der Waals surface area contributed by atoms with Crippen LogP contribution >= 0.6 is 0 Å². The van der Waals surface area contributed by atoms with Crippen molar-refractivity contribution in [3.05, 3.63) is 45.6 Å². The Morgan fingerprint density at radius 3 is 2.24 bits per heavy atom. The molecule has 5 nitrogen and oxygen atoms in total. The quantitative estimate of drug-likeness (QED) is 0.602. The maximum atomic E-state index is 4.93. The fourth-order valence-electron chi connectivity index (χ4n) is 5.79. The van der Waals surface area contributed by atoms with Gasteiger partial charge in [0.1, 0.15) is 5.82 Å². The van der Waals surface area contributed by atoms with E-state index in [1.54, 1.807) is 0 Å². The van der Waals surface area contributed by atoms with Gasteiger partial charge in [0.05, 0.1) is 5.69 Å². The van der Waals surface area contributed by atoms with Gasteiger partial charge in [0.15, 0.2) is 0 Å². The molecular formula is C28H43N5. The van der Waals surface area contributed by atoms with Crippen LogP contribution in [0.2, 0.25) is 0 Å². The number of hydrogen-bond donors (Lipinski definition) is 2. The lowest BCUT2D eigenvalue weighted by atomic mass is 9.84. The van der Waals surface area contributed by atoms with E-state index in [1.165, 1.54) is 59.2 Å². The number of nitrogens with zero attached hydrogens (tertiary/aromatic N) is 3. The van der Waals surface area contributed by atoms with Gasteiger partial charge < -0.3 is 15.5 Å². The maximum Gasteiger partial charge on any atom is 0.225 e. The highest BCUT2D eigenvalue weighted by atomic mass is 15.2. The normalized spacial score (nSPS) is 20.9. The average molecular weight is 450 g/mol. The van der Waals surface area contributed by atoms with E-state index >= 15 is 0 Å². The zero-order valence-corrected chi connectivity index (χ0v) is 21.8. The number of fused-ring (bicyclic) bond motifs is 1. The number of anilines is 2. The monoisotopic (exact) mass is 449 g/mol. The summed E-state index contributed by atoms with van der Waals surface area (Å²) in [7, 11) is 4.19. The molecule has 2 aliphatic carbocycles.